The van der Waals surface area contributed by atoms with E-state index in [1.54, 1.807) is 6.07 Å². The lowest BCUT2D eigenvalue weighted by Crippen LogP contribution is -2.58. The van der Waals surface area contributed by atoms with Crippen LogP contribution in [0.4, 0.5) is 0 Å². The smallest absolute Gasteiger partial charge is 0.255 e. The molecule has 3 atom stereocenters. The normalized spacial score (nSPS) is 26.4. The molecule has 0 heterocycles. The van der Waals surface area contributed by atoms with E-state index in [2.05, 4.69) is 26.1 Å². The third kappa shape index (κ3) is 3.91. The Labute approximate surface area is 207 Å². The summed E-state index contributed by atoms with van der Waals surface area (Å²) in [6.45, 7) is 7.06. The van der Waals surface area contributed by atoms with Gasteiger partial charge in [-0.3, -0.25) is 14.4 Å². The van der Waals surface area contributed by atoms with Crippen molar-refractivity contribution in [2.75, 3.05) is 6.54 Å². The number of Topliss-reactive ketones (excluding diaryl/α,β-unsaturated/α-hetero) is 2. The summed E-state index contributed by atoms with van der Waals surface area (Å²) in [5.74, 6) is -6.55. The van der Waals surface area contributed by atoms with Crippen LogP contribution in [0.3, 0.4) is 0 Å². The molecule has 1 fully saturated rings. The van der Waals surface area contributed by atoms with Gasteiger partial charge in [0.1, 0.15) is 22.8 Å². The Bertz CT molecular complexity index is 1230. The van der Waals surface area contributed by atoms with Crippen LogP contribution in [0.25, 0.3) is 5.76 Å². The molecule has 4 rings (SSSR count). The molecule has 0 saturated heterocycles. The zero-order chi connectivity index (χ0) is 26.0. The molecule has 9 nitrogen and oxygen atoms in total. The van der Waals surface area contributed by atoms with Crippen molar-refractivity contribution < 1.29 is 34.8 Å². The fourth-order valence-corrected chi connectivity index (χ4v) is 5.71. The van der Waals surface area contributed by atoms with Crippen molar-refractivity contribution in [3.63, 3.8) is 0 Å². The van der Waals surface area contributed by atoms with Crippen LogP contribution >= 0.6 is 11.6 Å². The van der Waals surface area contributed by atoms with E-state index in [4.69, 9.17) is 17.3 Å². The summed E-state index contributed by atoms with van der Waals surface area (Å²) in [5, 5.41) is 47.6. The molecule has 0 bridgehead atoms. The molecule has 35 heavy (non-hydrogen) atoms. The summed E-state index contributed by atoms with van der Waals surface area (Å²) in [6.07, 6.45) is -0.120. The van der Waals surface area contributed by atoms with Gasteiger partial charge in [-0.05, 0) is 35.8 Å². The first-order valence-electron chi connectivity index (χ1n) is 11.4. The van der Waals surface area contributed by atoms with E-state index in [0.29, 0.717) is 22.7 Å². The van der Waals surface area contributed by atoms with Crippen molar-refractivity contribution in [2.24, 2.45) is 23.0 Å². The fraction of sp³-hybridized carbons (Fsp3) is 0.480. The van der Waals surface area contributed by atoms with E-state index in [1.165, 1.54) is 0 Å². The van der Waals surface area contributed by atoms with Crippen molar-refractivity contribution in [3.05, 3.63) is 44.7 Å². The van der Waals surface area contributed by atoms with Crippen LogP contribution in [0, 0.1) is 17.3 Å². The predicted molar refractivity (Wildman–Crippen MR) is 128 cm³/mol. The second-order valence-electron chi connectivity index (χ2n) is 10.8. The number of rotatable bonds is 4. The van der Waals surface area contributed by atoms with Crippen molar-refractivity contribution >= 4 is 34.8 Å². The lowest BCUT2D eigenvalue weighted by molar-refractivity contribution is -0.147. The van der Waals surface area contributed by atoms with E-state index in [0.717, 1.165) is 0 Å². The van der Waals surface area contributed by atoms with Crippen LogP contribution in [0.15, 0.2) is 23.0 Å². The second-order valence-corrected chi connectivity index (χ2v) is 11.2. The van der Waals surface area contributed by atoms with Crippen molar-refractivity contribution in [1.82, 2.24) is 5.32 Å². The summed E-state index contributed by atoms with van der Waals surface area (Å²) in [4.78, 5) is 37.7. The number of phenolic OH excluding ortho intramolecular Hbond substituents is 1. The first-order chi connectivity index (χ1) is 16.2. The van der Waals surface area contributed by atoms with Gasteiger partial charge in [0, 0.05) is 41.6 Å². The average molecular weight is 505 g/mol. The molecule has 3 aliphatic rings. The summed E-state index contributed by atoms with van der Waals surface area (Å²) in [6, 6.07) is 1.61. The largest absolute Gasteiger partial charge is 0.508 e. The second kappa shape index (κ2) is 8.36. The third-order valence-corrected chi connectivity index (χ3v) is 7.40. The summed E-state index contributed by atoms with van der Waals surface area (Å²) in [7, 11) is 0. The van der Waals surface area contributed by atoms with E-state index in [-0.39, 0.29) is 48.1 Å². The number of halogens is 1. The van der Waals surface area contributed by atoms with Gasteiger partial charge in [-0.25, -0.2) is 0 Å². The number of primary amides is 1. The Morgan fingerprint density at radius 3 is 2.49 bits per heavy atom. The van der Waals surface area contributed by atoms with Gasteiger partial charge in [0.2, 0.25) is 5.78 Å². The number of carbonyl (C=O) groups excluding carboxylic acids is 3. The highest BCUT2D eigenvalue weighted by Gasteiger charge is 2.60. The molecule has 1 aromatic rings. The number of hydrogen-bond acceptors (Lipinski definition) is 8. The number of amides is 1. The Balaban J connectivity index is 1.81. The molecule has 1 unspecified atom stereocenters. The maximum Gasteiger partial charge on any atom is 0.255 e. The number of phenols is 1. The van der Waals surface area contributed by atoms with Crippen molar-refractivity contribution in [1.29, 1.82) is 0 Å². The quantitative estimate of drug-likeness (QED) is 0.339. The van der Waals surface area contributed by atoms with Gasteiger partial charge < -0.3 is 31.5 Å². The van der Waals surface area contributed by atoms with Gasteiger partial charge in [-0.1, -0.05) is 32.4 Å². The van der Waals surface area contributed by atoms with Gasteiger partial charge in [0.15, 0.2) is 11.4 Å². The predicted octanol–water partition coefficient (Wildman–Crippen LogP) is 2.21. The lowest BCUT2D eigenvalue weighted by Gasteiger charge is -2.46. The van der Waals surface area contributed by atoms with Crippen LogP contribution in [-0.2, 0) is 27.3 Å². The highest BCUT2D eigenvalue weighted by molar-refractivity contribution is 6.32. The molecule has 3 aliphatic carbocycles. The van der Waals surface area contributed by atoms with Gasteiger partial charge in [0.25, 0.3) is 5.91 Å². The number of benzene rings is 1. The van der Waals surface area contributed by atoms with E-state index in [1.807, 2.05) is 0 Å². The number of fused-ring (bicyclic) bond motifs is 3. The molecule has 7 N–H and O–H groups in total. The minimum atomic E-state index is -2.58. The monoisotopic (exact) mass is 504 g/mol. The average Bonchev–Trinajstić information content (AvgIpc) is 2.73. The topological polar surface area (TPSA) is 170 Å². The number of aliphatic hydroxyl groups is 3. The molecule has 10 heteroatoms. The Morgan fingerprint density at radius 1 is 1.23 bits per heavy atom. The van der Waals surface area contributed by atoms with Crippen molar-refractivity contribution in [3.8, 4) is 5.75 Å². The molecule has 0 spiro atoms. The van der Waals surface area contributed by atoms with E-state index in [9.17, 15) is 34.8 Å². The number of nitrogens with one attached hydrogen (secondary N) is 1. The summed E-state index contributed by atoms with van der Waals surface area (Å²) >= 11 is 6.53. The van der Waals surface area contributed by atoms with E-state index < -0.39 is 52.0 Å². The minimum absolute atomic E-state index is 0.00260. The zero-order valence-corrected chi connectivity index (χ0v) is 20.5. The number of carbonyl (C=O) groups is 3. The SMILES string of the molecule is CC(C)(C)CNCc1cc(Cl)c2c(c1O)C(O)=C1C(=O)[C@]3(O)C(O)=C(C(N)=O)C(=O)C[C@@H]3CC1C2. The maximum atomic E-state index is 13.5. The summed E-state index contributed by atoms with van der Waals surface area (Å²) in [5.41, 5.74) is 2.48. The molecule has 1 saturated carbocycles. The first kappa shape index (κ1) is 25.2. The Kier molecular flexibility index (Phi) is 6.02. The van der Waals surface area contributed by atoms with Crippen molar-refractivity contribution in [2.45, 2.75) is 52.2 Å². The molecule has 0 radical (unpaired) electrons. The number of nitrogens with two attached hydrogens (primary N) is 1. The molecule has 0 aromatic heterocycles. The van der Waals surface area contributed by atoms with Crippen LogP contribution < -0.4 is 11.1 Å². The summed E-state index contributed by atoms with van der Waals surface area (Å²) < 4.78 is 0. The lowest BCUT2D eigenvalue weighted by atomic mass is 9.59. The molecule has 0 aliphatic heterocycles. The molecule has 1 amide bonds. The molecular weight excluding hydrogens is 476 g/mol. The number of aromatic hydroxyl groups is 1. The van der Waals surface area contributed by atoms with Gasteiger partial charge >= 0.3 is 0 Å². The molecular formula is C25H29ClN2O7. The first-order valence-corrected chi connectivity index (χ1v) is 11.8. The van der Waals surface area contributed by atoms with Gasteiger partial charge in [-0.15, -0.1) is 0 Å². The van der Waals surface area contributed by atoms with Crippen LogP contribution in [0.5, 0.6) is 5.75 Å². The Morgan fingerprint density at radius 2 is 1.89 bits per heavy atom. The Hall–Kier alpha value is -2.88. The maximum absolute atomic E-state index is 13.5. The van der Waals surface area contributed by atoms with Crippen LogP contribution in [0.2, 0.25) is 5.02 Å². The van der Waals surface area contributed by atoms with Crippen LogP contribution in [-0.4, -0.2) is 50.0 Å². The highest BCUT2D eigenvalue weighted by atomic mass is 35.5. The standard InChI is InChI=1S/C25H29ClN2O7/c1-24(2,3)9-28-8-11-6-14(26)13-5-10-4-12-7-15(29)18(23(27)34)22(33)25(12,35)21(32)16(10)20(31)17(13)19(11)30/h6,10,12,28,30-31,33,35H,4-5,7-9H2,1-3H3,(H2,27,34)/t10?,12-,25-/m0/s1. The molecule has 188 valence electrons. The number of hydrogen-bond donors (Lipinski definition) is 6. The fourth-order valence-electron chi connectivity index (χ4n) is 5.40. The number of ketones is 2. The minimum Gasteiger partial charge on any atom is -0.508 e. The third-order valence-electron chi connectivity index (χ3n) is 7.06. The number of aliphatic hydroxyl groups excluding tert-OH is 2. The van der Waals surface area contributed by atoms with Gasteiger partial charge in [0.05, 0.1) is 5.56 Å². The van der Waals surface area contributed by atoms with Crippen LogP contribution in [0.1, 0.15) is 50.3 Å². The van der Waals surface area contributed by atoms with Gasteiger partial charge in [-0.2, -0.15) is 0 Å². The zero-order valence-electron chi connectivity index (χ0n) is 19.7. The van der Waals surface area contributed by atoms with E-state index >= 15 is 0 Å². The highest BCUT2D eigenvalue weighted by Crippen LogP contribution is 2.53. The molecule has 1 aromatic carbocycles.